The van der Waals surface area contributed by atoms with Crippen molar-refractivity contribution in [2.75, 3.05) is 5.75 Å². The molecular weight excluding hydrogens is 136 g/mol. The van der Waals surface area contributed by atoms with Crippen molar-refractivity contribution in [3.05, 3.63) is 0 Å². The molecule has 0 atom stereocenters. The normalized spacial score (nSPS) is 11.4. The molecule has 0 spiro atoms. The number of amidine groups is 1. The van der Waals surface area contributed by atoms with Crippen molar-refractivity contribution in [3.63, 3.8) is 0 Å². The lowest BCUT2D eigenvalue weighted by molar-refractivity contribution is 0.107. The molecule has 4 N–H and O–H groups in total. The Balaban J connectivity index is 3.39. The zero-order valence-electron chi connectivity index (χ0n) is 5.64. The number of rotatable bonds is 2. The first kappa shape index (κ1) is 8.78. The lowest BCUT2D eigenvalue weighted by Gasteiger charge is -2.14. The van der Waals surface area contributed by atoms with E-state index in [0.717, 1.165) is 11.8 Å². The molecule has 0 bridgehead atoms. The smallest absolute Gasteiger partial charge is 0.151 e. The van der Waals surface area contributed by atoms with Crippen molar-refractivity contribution in [3.8, 4) is 0 Å². The monoisotopic (exact) mass is 148 g/mol. The third kappa shape index (κ3) is 7.78. The van der Waals surface area contributed by atoms with Gasteiger partial charge in [0.2, 0.25) is 0 Å². The summed E-state index contributed by atoms with van der Waals surface area (Å²) in [6, 6.07) is 0. The van der Waals surface area contributed by atoms with E-state index < -0.39 is 5.60 Å². The molecular formula is C5H12N2OS. The quantitative estimate of drug-likeness (QED) is 0.392. The second kappa shape index (κ2) is 3.08. The van der Waals surface area contributed by atoms with Gasteiger partial charge in [0, 0.05) is 5.75 Å². The summed E-state index contributed by atoms with van der Waals surface area (Å²) in [5, 5.41) is 16.0. The Labute approximate surface area is 59.1 Å². The van der Waals surface area contributed by atoms with E-state index in [2.05, 4.69) is 0 Å². The maximum atomic E-state index is 9.09. The molecule has 3 nitrogen and oxygen atoms in total. The summed E-state index contributed by atoms with van der Waals surface area (Å²) in [6.07, 6.45) is 0. The highest BCUT2D eigenvalue weighted by Crippen LogP contribution is 2.10. The van der Waals surface area contributed by atoms with Crippen LogP contribution in [-0.2, 0) is 0 Å². The molecule has 0 saturated heterocycles. The Bertz CT molecular complexity index is 108. The fraction of sp³-hybridized carbons (Fsp3) is 0.800. The van der Waals surface area contributed by atoms with Crippen molar-refractivity contribution in [2.45, 2.75) is 19.4 Å². The standard InChI is InChI=1S/C5H12N2OS/c1-5(2,8)3-9-4(6)7/h8H,3H2,1-2H3,(H3,6,7). The van der Waals surface area contributed by atoms with Gasteiger partial charge in [0.05, 0.1) is 5.60 Å². The van der Waals surface area contributed by atoms with Crippen molar-refractivity contribution < 1.29 is 5.11 Å². The number of aliphatic hydroxyl groups is 1. The zero-order chi connectivity index (χ0) is 7.49. The molecule has 9 heavy (non-hydrogen) atoms. The minimum absolute atomic E-state index is 0.0529. The van der Waals surface area contributed by atoms with Crippen molar-refractivity contribution in [2.24, 2.45) is 5.73 Å². The maximum absolute atomic E-state index is 9.09. The summed E-state index contributed by atoms with van der Waals surface area (Å²) in [7, 11) is 0. The van der Waals surface area contributed by atoms with Gasteiger partial charge in [-0.15, -0.1) is 0 Å². The van der Waals surface area contributed by atoms with Crippen LogP contribution in [0.5, 0.6) is 0 Å². The maximum Gasteiger partial charge on any atom is 0.151 e. The summed E-state index contributed by atoms with van der Waals surface area (Å²) in [6.45, 7) is 3.37. The first-order chi connectivity index (χ1) is 3.92. The number of nitrogens with one attached hydrogen (secondary N) is 1. The topological polar surface area (TPSA) is 70.1 Å². The number of hydrogen-bond donors (Lipinski definition) is 3. The van der Waals surface area contributed by atoms with Gasteiger partial charge in [-0.1, -0.05) is 11.8 Å². The number of thioether (sulfide) groups is 1. The van der Waals surface area contributed by atoms with E-state index >= 15 is 0 Å². The summed E-state index contributed by atoms with van der Waals surface area (Å²) in [5.74, 6) is 0.475. The molecule has 0 fully saturated rings. The summed E-state index contributed by atoms with van der Waals surface area (Å²) < 4.78 is 0. The average Bonchev–Trinajstić information content (AvgIpc) is 1.59. The summed E-state index contributed by atoms with van der Waals surface area (Å²) in [5.41, 5.74) is 4.31. The van der Waals surface area contributed by atoms with E-state index in [9.17, 15) is 0 Å². The van der Waals surface area contributed by atoms with Gasteiger partial charge < -0.3 is 10.8 Å². The van der Waals surface area contributed by atoms with Gasteiger partial charge in [0.1, 0.15) is 0 Å². The molecule has 0 saturated carbocycles. The van der Waals surface area contributed by atoms with Gasteiger partial charge >= 0.3 is 0 Å². The molecule has 0 aromatic heterocycles. The Hall–Kier alpha value is -0.220. The van der Waals surface area contributed by atoms with E-state index in [-0.39, 0.29) is 5.17 Å². The third-order valence-corrected chi connectivity index (χ3v) is 1.74. The molecule has 0 aliphatic rings. The fourth-order valence-electron chi connectivity index (χ4n) is 0.254. The summed E-state index contributed by atoms with van der Waals surface area (Å²) in [4.78, 5) is 0. The highest BCUT2D eigenvalue weighted by atomic mass is 32.2. The van der Waals surface area contributed by atoms with Crippen molar-refractivity contribution >= 4 is 16.9 Å². The Morgan fingerprint density at radius 2 is 2.22 bits per heavy atom. The minimum Gasteiger partial charge on any atom is -0.390 e. The molecule has 0 radical (unpaired) electrons. The van der Waals surface area contributed by atoms with E-state index in [4.69, 9.17) is 16.2 Å². The van der Waals surface area contributed by atoms with Crippen molar-refractivity contribution in [1.29, 1.82) is 5.41 Å². The predicted octanol–water partition coefficient (Wildman–Crippen LogP) is 0.384. The van der Waals surface area contributed by atoms with E-state index in [1.807, 2.05) is 0 Å². The average molecular weight is 148 g/mol. The van der Waals surface area contributed by atoms with Gasteiger partial charge in [-0.05, 0) is 13.8 Å². The molecule has 4 heteroatoms. The SMILES string of the molecule is CC(C)(O)CSC(=N)N. The number of hydrogen-bond acceptors (Lipinski definition) is 3. The fourth-order valence-corrected chi connectivity index (χ4v) is 0.763. The lowest BCUT2D eigenvalue weighted by Crippen LogP contribution is -2.23. The summed E-state index contributed by atoms with van der Waals surface area (Å²) >= 11 is 1.15. The minimum atomic E-state index is -0.726. The molecule has 0 aromatic rings. The van der Waals surface area contributed by atoms with Gasteiger partial charge in [-0.2, -0.15) is 0 Å². The van der Waals surface area contributed by atoms with Crippen LogP contribution in [0.4, 0.5) is 0 Å². The van der Waals surface area contributed by atoms with Gasteiger partial charge in [-0.25, -0.2) is 0 Å². The first-order valence-electron chi connectivity index (χ1n) is 2.61. The zero-order valence-corrected chi connectivity index (χ0v) is 6.46. The van der Waals surface area contributed by atoms with E-state index in [1.54, 1.807) is 13.8 Å². The lowest BCUT2D eigenvalue weighted by atomic mass is 10.2. The third-order valence-electron chi connectivity index (χ3n) is 0.581. The second-order valence-corrected chi connectivity index (χ2v) is 3.48. The van der Waals surface area contributed by atoms with Crippen LogP contribution in [0.25, 0.3) is 0 Å². The predicted molar refractivity (Wildman–Crippen MR) is 40.7 cm³/mol. The highest BCUT2D eigenvalue weighted by Gasteiger charge is 2.12. The van der Waals surface area contributed by atoms with Crippen LogP contribution in [0.15, 0.2) is 0 Å². The van der Waals surface area contributed by atoms with Crippen LogP contribution < -0.4 is 5.73 Å². The van der Waals surface area contributed by atoms with Crippen LogP contribution >= 0.6 is 11.8 Å². The van der Waals surface area contributed by atoms with Crippen LogP contribution in [0.2, 0.25) is 0 Å². The van der Waals surface area contributed by atoms with Crippen molar-refractivity contribution in [1.82, 2.24) is 0 Å². The molecule has 54 valence electrons. The Morgan fingerprint density at radius 1 is 1.78 bits per heavy atom. The van der Waals surface area contributed by atoms with Gasteiger partial charge in [0.25, 0.3) is 0 Å². The van der Waals surface area contributed by atoms with Crippen LogP contribution in [0, 0.1) is 5.41 Å². The van der Waals surface area contributed by atoms with Gasteiger partial charge in [-0.3, -0.25) is 5.41 Å². The number of nitrogens with two attached hydrogens (primary N) is 1. The van der Waals surface area contributed by atoms with Crippen LogP contribution in [0.3, 0.4) is 0 Å². The molecule has 0 aliphatic heterocycles. The van der Waals surface area contributed by atoms with E-state index in [1.165, 1.54) is 0 Å². The largest absolute Gasteiger partial charge is 0.390 e. The van der Waals surface area contributed by atoms with Crippen LogP contribution in [-0.4, -0.2) is 21.6 Å². The Morgan fingerprint density at radius 3 is 2.33 bits per heavy atom. The molecule has 0 unspecified atom stereocenters. The second-order valence-electron chi connectivity index (χ2n) is 2.47. The van der Waals surface area contributed by atoms with Crippen LogP contribution in [0.1, 0.15) is 13.8 Å². The molecule has 0 heterocycles. The molecule has 0 aromatic carbocycles. The molecule has 0 rings (SSSR count). The molecule has 0 aliphatic carbocycles. The highest BCUT2D eigenvalue weighted by molar-refractivity contribution is 8.13. The van der Waals surface area contributed by atoms with Gasteiger partial charge in [0.15, 0.2) is 5.17 Å². The first-order valence-corrected chi connectivity index (χ1v) is 3.59. The molecule has 0 amide bonds. The Kier molecular flexibility index (Phi) is 3.00. The van der Waals surface area contributed by atoms with E-state index in [0.29, 0.717) is 5.75 Å².